The lowest BCUT2D eigenvalue weighted by molar-refractivity contribution is 0.112. The number of rotatable bonds is 2. The average molecular weight is 287 g/mol. The number of benzene rings is 1. The third kappa shape index (κ3) is 1.97. The van der Waals surface area contributed by atoms with Crippen LogP contribution in [0.15, 0.2) is 6.07 Å². The molecule has 0 amide bonds. The van der Waals surface area contributed by atoms with E-state index in [2.05, 4.69) is 38.7 Å². The van der Waals surface area contributed by atoms with Gasteiger partial charge in [-0.2, -0.15) is 0 Å². The maximum absolute atomic E-state index is 11.6. The van der Waals surface area contributed by atoms with Gasteiger partial charge in [0, 0.05) is 24.3 Å². The van der Waals surface area contributed by atoms with Crippen molar-refractivity contribution in [3.8, 4) is 5.75 Å². The van der Waals surface area contributed by atoms with Crippen molar-refractivity contribution in [2.75, 3.05) is 25.1 Å². The number of anilines is 1. The van der Waals surface area contributed by atoms with Gasteiger partial charge in [0.1, 0.15) is 5.75 Å². The summed E-state index contributed by atoms with van der Waals surface area (Å²) in [4.78, 5) is 14.1. The topological polar surface area (TPSA) is 29.5 Å². The summed E-state index contributed by atoms with van der Waals surface area (Å²) in [6.07, 6.45) is 3.17. The Bertz CT molecular complexity index is 600. The molecule has 0 aromatic heterocycles. The summed E-state index contributed by atoms with van der Waals surface area (Å²) >= 11 is 0. The van der Waals surface area contributed by atoms with Crippen LogP contribution < -0.4 is 9.64 Å². The molecule has 3 nitrogen and oxygen atoms in total. The van der Waals surface area contributed by atoms with Gasteiger partial charge < -0.3 is 9.64 Å². The van der Waals surface area contributed by atoms with Crippen LogP contribution in [-0.4, -0.2) is 26.5 Å². The second-order valence-corrected chi connectivity index (χ2v) is 7.64. The molecule has 114 valence electrons. The number of methoxy groups -OCH3 is 1. The van der Waals surface area contributed by atoms with Crippen LogP contribution in [0.5, 0.6) is 5.75 Å². The zero-order chi connectivity index (χ0) is 15.4. The smallest absolute Gasteiger partial charge is 0.153 e. The zero-order valence-electron chi connectivity index (χ0n) is 13.7. The molecule has 0 N–H and O–H groups in total. The van der Waals surface area contributed by atoms with Crippen molar-refractivity contribution >= 4 is 12.0 Å². The second-order valence-electron chi connectivity index (χ2n) is 7.64. The highest BCUT2D eigenvalue weighted by Crippen LogP contribution is 2.53. The minimum absolute atomic E-state index is 0.0400. The van der Waals surface area contributed by atoms with E-state index in [-0.39, 0.29) is 10.8 Å². The zero-order valence-corrected chi connectivity index (χ0v) is 13.7. The van der Waals surface area contributed by atoms with Crippen molar-refractivity contribution < 1.29 is 9.53 Å². The fourth-order valence-electron chi connectivity index (χ4n) is 3.88. The van der Waals surface area contributed by atoms with Gasteiger partial charge in [-0.05, 0) is 35.3 Å². The predicted octanol–water partition coefficient (Wildman–Crippen LogP) is 3.68. The van der Waals surface area contributed by atoms with Crippen molar-refractivity contribution in [1.82, 2.24) is 0 Å². The monoisotopic (exact) mass is 287 g/mol. The summed E-state index contributed by atoms with van der Waals surface area (Å²) in [5, 5.41) is 0. The number of nitrogens with zero attached hydrogens (tertiary/aromatic N) is 1. The summed E-state index contributed by atoms with van der Waals surface area (Å²) in [6, 6.07) is 2.05. The van der Waals surface area contributed by atoms with E-state index in [9.17, 15) is 4.79 Å². The van der Waals surface area contributed by atoms with Crippen LogP contribution in [0, 0.1) is 0 Å². The summed E-state index contributed by atoms with van der Waals surface area (Å²) in [7, 11) is 1.67. The number of aldehydes is 1. The molecule has 0 unspecified atom stereocenters. The molecule has 0 spiro atoms. The highest BCUT2D eigenvalue weighted by atomic mass is 16.5. The molecule has 0 atom stereocenters. The summed E-state index contributed by atoms with van der Waals surface area (Å²) < 4.78 is 5.65. The Balaban J connectivity index is 2.41. The Hall–Kier alpha value is -1.51. The Labute approximate surface area is 127 Å². The van der Waals surface area contributed by atoms with E-state index < -0.39 is 0 Å². The number of hydrogen-bond donors (Lipinski definition) is 0. The van der Waals surface area contributed by atoms with Gasteiger partial charge in [-0.3, -0.25) is 4.79 Å². The SMILES string of the molecule is COc1c(C=O)cc2c3c1C(C)(C)CCN3CCC2(C)C. The van der Waals surface area contributed by atoms with E-state index in [1.807, 2.05) is 0 Å². The lowest BCUT2D eigenvalue weighted by Crippen LogP contribution is -2.45. The molecule has 0 saturated carbocycles. The Morgan fingerprint density at radius 3 is 2.33 bits per heavy atom. The number of carbonyl (C=O) groups is 1. The van der Waals surface area contributed by atoms with E-state index in [0.717, 1.165) is 38.0 Å². The van der Waals surface area contributed by atoms with E-state index >= 15 is 0 Å². The third-order valence-electron chi connectivity index (χ3n) is 5.35. The van der Waals surface area contributed by atoms with E-state index in [1.165, 1.54) is 16.8 Å². The Kier molecular flexibility index (Phi) is 3.09. The molecule has 2 heterocycles. The van der Waals surface area contributed by atoms with Crippen LogP contribution in [0.1, 0.15) is 62.0 Å². The molecule has 0 aliphatic carbocycles. The van der Waals surface area contributed by atoms with E-state index in [0.29, 0.717) is 5.56 Å². The maximum atomic E-state index is 11.6. The highest BCUT2D eigenvalue weighted by Gasteiger charge is 2.42. The predicted molar refractivity (Wildman–Crippen MR) is 85.9 cm³/mol. The van der Waals surface area contributed by atoms with Gasteiger partial charge in [0.25, 0.3) is 0 Å². The molecule has 2 aliphatic rings. The largest absolute Gasteiger partial charge is 0.496 e. The first-order valence-electron chi connectivity index (χ1n) is 7.78. The van der Waals surface area contributed by atoms with E-state index in [1.54, 1.807) is 7.11 Å². The van der Waals surface area contributed by atoms with Crippen LogP contribution in [0.3, 0.4) is 0 Å². The fraction of sp³-hybridized carbons (Fsp3) is 0.611. The molecule has 1 aromatic rings. The highest BCUT2D eigenvalue weighted by molar-refractivity contribution is 5.86. The Morgan fingerprint density at radius 1 is 1.14 bits per heavy atom. The van der Waals surface area contributed by atoms with Crippen molar-refractivity contribution in [2.45, 2.75) is 51.4 Å². The van der Waals surface area contributed by atoms with Crippen LogP contribution in [-0.2, 0) is 10.8 Å². The molecule has 0 saturated heterocycles. The first kappa shape index (κ1) is 14.4. The molecular formula is C18H25NO2. The minimum atomic E-state index is 0.0400. The standard InChI is InChI=1S/C18H25NO2/c1-17(2)6-8-19-9-7-18(3,4)14-15(19)13(17)10-12(11-20)16(14)21-5/h10-11H,6-9H2,1-5H3. The third-order valence-corrected chi connectivity index (χ3v) is 5.35. The van der Waals surface area contributed by atoms with E-state index in [4.69, 9.17) is 4.74 Å². The maximum Gasteiger partial charge on any atom is 0.153 e. The van der Waals surface area contributed by atoms with Gasteiger partial charge in [-0.1, -0.05) is 27.7 Å². The van der Waals surface area contributed by atoms with Crippen molar-refractivity contribution in [2.24, 2.45) is 0 Å². The molecule has 3 rings (SSSR count). The first-order chi connectivity index (χ1) is 9.81. The first-order valence-corrected chi connectivity index (χ1v) is 7.78. The molecule has 2 aliphatic heterocycles. The van der Waals surface area contributed by atoms with Crippen LogP contribution >= 0.6 is 0 Å². The fourth-order valence-corrected chi connectivity index (χ4v) is 3.88. The normalized spacial score (nSPS) is 21.7. The van der Waals surface area contributed by atoms with Crippen LogP contribution in [0.4, 0.5) is 5.69 Å². The van der Waals surface area contributed by atoms with Gasteiger partial charge >= 0.3 is 0 Å². The molecule has 0 fully saturated rings. The lowest BCUT2D eigenvalue weighted by Gasteiger charge is -2.48. The molecule has 0 radical (unpaired) electrons. The second kappa shape index (κ2) is 4.49. The van der Waals surface area contributed by atoms with Gasteiger partial charge in [0.05, 0.1) is 12.7 Å². The molecule has 0 bridgehead atoms. The van der Waals surface area contributed by atoms with Gasteiger partial charge in [-0.25, -0.2) is 0 Å². The quantitative estimate of drug-likeness (QED) is 0.777. The summed E-state index contributed by atoms with van der Waals surface area (Å²) in [6.45, 7) is 11.3. The number of carbonyl (C=O) groups excluding carboxylic acids is 1. The van der Waals surface area contributed by atoms with Crippen LogP contribution in [0.25, 0.3) is 0 Å². The molecule has 3 heteroatoms. The molecular weight excluding hydrogens is 262 g/mol. The van der Waals surface area contributed by atoms with Crippen molar-refractivity contribution in [3.05, 3.63) is 22.8 Å². The average Bonchev–Trinajstić information content (AvgIpc) is 2.43. The van der Waals surface area contributed by atoms with Gasteiger partial charge in [0.15, 0.2) is 6.29 Å². The lowest BCUT2D eigenvalue weighted by atomic mass is 9.69. The Morgan fingerprint density at radius 2 is 1.76 bits per heavy atom. The van der Waals surface area contributed by atoms with Crippen LogP contribution in [0.2, 0.25) is 0 Å². The summed E-state index contributed by atoms with van der Waals surface area (Å²) in [5.41, 5.74) is 4.69. The summed E-state index contributed by atoms with van der Waals surface area (Å²) in [5.74, 6) is 0.774. The number of ether oxygens (including phenoxy) is 1. The molecule has 21 heavy (non-hydrogen) atoms. The van der Waals surface area contributed by atoms with Gasteiger partial charge in [-0.15, -0.1) is 0 Å². The van der Waals surface area contributed by atoms with Crippen molar-refractivity contribution in [1.29, 1.82) is 0 Å². The van der Waals surface area contributed by atoms with Crippen molar-refractivity contribution in [3.63, 3.8) is 0 Å². The number of hydrogen-bond acceptors (Lipinski definition) is 3. The minimum Gasteiger partial charge on any atom is -0.496 e. The molecule has 1 aromatic carbocycles. The van der Waals surface area contributed by atoms with Gasteiger partial charge in [0.2, 0.25) is 0 Å².